The quantitative estimate of drug-likeness (QED) is 0.606. The van der Waals surface area contributed by atoms with Crippen molar-refractivity contribution >= 4 is 45.7 Å². The summed E-state index contributed by atoms with van der Waals surface area (Å²) in [6.45, 7) is 0.874. The molecule has 2 nitrogen and oxygen atoms in total. The predicted octanol–water partition coefficient (Wildman–Crippen LogP) is 5.36. The van der Waals surface area contributed by atoms with E-state index in [1.54, 1.807) is 0 Å². The molecule has 0 radical (unpaired) electrons. The Bertz CT molecular complexity index is 849. The Kier molecular flexibility index (Phi) is 3.58. The Labute approximate surface area is 143 Å². The van der Waals surface area contributed by atoms with Gasteiger partial charge in [-0.3, -0.25) is 0 Å². The molecule has 1 aliphatic heterocycles. The van der Waals surface area contributed by atoms with Gasteiger partial charge in [0.2, 0.25) is 0 Å². The highest BCUT2D eigenvalue weighted by Gasteiger charge is 2.28. The lowest BCUT2D eigenvalue weighted by Gasteiger charge is -2.26. The summed E-state index contributed by atoms with van der Waals surface area (Å²) in [5, 5.41) is 6.79. The molecule has 0 amide bonds. The first-order valence-corrected chi connectivity index (χ1v) is 8.26. The molecule has 0 aliphatic carbocycles. The molecule has 0 fully saturated rings. The van der Waals surface area contributed by atoms with E-state index in [2.05, 4.69) is 10.3 Å². The summed E-state index contributed by atoms with van der Waals surface area (Å²) in [5.74, 6) is 0. The number of benzene rings is 2. The molecule has 0 saturated heterocycles. The van der Waals surface area contributed by atoms with E-state index in [4.69, 9.17) is 34.8 Å². The zero-order valence-electron chi connectivity index (χ0n) is 11.6. The Morgan fingerprint density at radius 2 is 1.77 bits per heavy atom. The fourth-order valence-corrected chi connectivity index (χ4v) is 4.02. The molecule has 0 saturated carbocycles. The van der Waals surface area contributed by atoms with Gasteiger partial charge in [-0.15, -0.1) is 0 Å². The molecule has 1 aliphatic rings. The third-order valence-corrected chi connectivity index (χ3v) is 5.10. The van der Waals surface area contributed by atoms with Crippen LogP contribution in [0.4, 0.5) is 0 Å². The van der Waals surface area contributed by atoms with E-state index >= 15 is 0 Å². The molecular formula is C17H13Cl3N2. The number of aromatic nitrogens is 1. The molecule has 2 heterocycles. The van der Waals surface area contributed by atoms with Gasteiger partial charge in [0.15, 0.2) is 0 Å². The topological polar surface area (TPSA) is 27.8 Å². The first-order valence-electron chi connectivity index (χ1n) is 7.12. The maximum Gasteiger partial charge on any atom is 0.0761 e. The summed E-state index contributed by atoms with van der Waals surface area (Å²) in [7, 11) is 0. The second-order valence-electron chi connectivity index (χ2n) is 5.48. The third-order valence-electron chi connectivity index (χ3n) is 4.20. The van der Waals surface area contributed by atoms with E-state index in [-0.39, 0.29) is 6.04 Å². The molecular weight excluding hydrogens is 339 g/mol. The van der Waals surface area contributed by atoms with Gasteiger partial charge in [-0.2, -0.15) is 0 Å². The summed E-state index contributed by atoms with van der Waals surface area (Å²) < 4.78 is 0. The Morgan fingerprint density at radius 3 is 2.55 bits per heavy atom. The Hall–Kier alpha value is -1.19. The van der Waals surface area contributed by atoms with Crippen molar-refractivity contribution in [1.82, 2.24) is 10.3 Å². The van der Waals surface area contributed by atoms with Gasteiger partial charge < -0.3 is 10.3 Å². The number of hydrogen-bond acceptors (Lipinski definition) is 1. The van der Waals surface area contributed by atoms with Crippen molar-refractivity contribution in [2.24, 2.45) is 0 Å². The molecule has 0 bridgehead atoms. The number of halogens is 3. The summed E-state index contributed by atoms with van der Waals surface area (Å²) in [6.07, 6.45) is 0.953. The highest BCUT2D eigenvalue weighted by atomic mass is 35.5. The summed E-state index contributed by atoms with van der Waals surface area (Å²) >= 11 is 18.9. The molecule has 22 heavy (non-hydrogen) atoms. The van der Waals surface area contributed by atoms with Crippen LogP contribution in [0.25, 0.3) is 10.9 Å². The minimum atomic E-state index is -0.0314. The van der Waals surface area contributed by atoms with Crippen molar-refractivity contribution in [3.63, 3.8) is 0 Å². The van der Waals surface area contributed by atoms with Gasteiger partial charge in [0.05, 0.1) is 6.04 Å². The van der Waals surface area contributed by atoms with Gasteiger partial charge >= 0.3 is 0 Å². The first-order chi connectivity index (χ1) is 10.6. The molecule has 1 unspecified atom stereocenters. The van der Waals surface area contributed by atoms with Crippen LogP contribution < -0.4 is 5.32 Å². The fraction of sp³-hybridized carbons (Fsp3) is 0.176. The molecule has 3 aromatic rings. The highest BCUT2D eigenvalue weighted by molar-refractivity contribution is 6.36. The van der Waals surface area contributed by atoms with Crippen molar-refractivity contribution in [2.75, 3.05) is 6.54 Å². The molecule has 4 rings (SSSR count). The van der Waals surface area contributed by atoms with Crippen LogP contribution in [0.3, 0.4) is 0 Å². The van der Waals surface area contributed by atoms with Crippen LogP contribution in [0.2, 0.25) is 15.1 Å². The van der Waals surface area contributed by atoms with E-state index in [9.17, 15) is 0 Å². The highest BCUT2D eigenvalue weighted by Crippen LogP contribution is 2.39. The van der Waals surface area contributed by atoms with Crippen molar-refractivity contribution in [3.05, 3.63) is 68.3 Å². The number of fused-ring (bicyclic) bond motifs is 3. The van der Waals surface area contributed by atoms with Crippen LogP contribution in [-0.2, 0) is 6.42 Å². The molecule has 0 spiro atoms. The standard InChI is InChI=1S/C17H13Cl3N2/c18-9-4-5-14-11(8-9)10-6-7-21-17(16(10)22-14)15-12(19)2-1-3-13(15)20/h1-5,8,17,21-22H,6-7H2. The van der Waals surface area contributed by atoms with Crippen LogP contribution in [0.1, 0.15) is 22.9 Å². The lowest BCUT2D eigenvalue weighted by molar-refractivity contribution is 0.560. The van der Waals surface area contributed by atoms with Crippen molar-refractivity contribution in [2.45, 2.75) is 12.5 Å². The second kappa shape index (κ2) is 5.47. The van der Waals surface area contributed by atoms with Gasteiger partial charge in [0, 0.05) is 43.8 Å². The Morgan fingerprint density at radius 1 is 1.00 bits per heavy atom. The molecule has 1 aromatic heterocycles. The van der Waals surface area contributed by atoms with Crippen LogP contribution >= 0.6 is 34.8 Å². The first kappa shape index (κ1) is 14.4. The van der Waals surface area contributed by atoms with E-state index in [1.165, 1.54) is 10.9 Å². The SMILES string of the molecule is Clc1ccc2[nH]c3c(c2c1)CCNC3c1c(Cl)cccc1Cl. The molecule has 2 N–H and O–H groups in total. The number of H-pyrrole nitrogens is 1. The van der Waals surface area contributed by atoms with E-state index in [0.29, 0.717) is 10.0 Å². The smallest absolute Gasteiger partial charge is 0.0761 e. The largest absolute Gasteiger partial charge is 0.357 e. The number of rotatable bonds is 1. The van der Waals surface area contributed by atoms with Crippen molar-refractivity contribution < 1.29 is 0 Å². The van der Waals surface area contributed by atoms with Gasteiger partial charge in [-0.25, -0.2) is 0 Å². The van der Waals surface area contributed by atoms with E-state index in [0.717, 1.165) is 34.8 Å². The normalized spacial score (nSPS) is 17.7. The molecule has 112 valence electrons. The maximum absolute atomic E-state index is 6.39. The predicted molar refractivity (Wildman–Crippen MR) is 93.3 cm³/mol. The van der Waals surface area contributed by atoms with Gasteiger partial charge in [-0.05, 0) is 42.3 Å². The van der Waals surface area contributed by atoms with Crippen molar-refractivity contribution in [3.8, 4) is 0 Å². The van der Waals surface area contributed by atoms with E-state index < -0.39 is 0 Å². The fourth-order valence-electron chi connectivity index (χ4n) is 3.23. The summed E-state index contributed by atoms with van der Waals surface area (Å²) in [5.41, 5.74) is 4.42. The summed E-state index contributed by atoms with van der Waals surface area (Å²) in [4.78, 5) is 3.51. The second-order valence-corrected chi connectivity index (χ2v) is 6.73. The summed E-state index contributed by atoms with van der Waals surface area (Å²) in [6, 6.07) is 11.5. The zero-order chi connectivity index (χ0) is 15.3. The average Bonchev–Trinajstić information content (AvgIpc) is 2.86. The third kappa shape index (κ3) is 2.22. The van der Waals surface area contributed by atoms with Gasteiger partial charge in [-0.1, -0.05) is 40.9 Å². The number of nitrogens with one attached hydrogen (secondary N) is 2. The average molecular weight is 352 g/mol. The molecule has 5 heteroatoms. The number of aromatic amines is 1. The van der Waals surface area contributed by atoms with Crippen molar-refractivity contribution in [1.29, 1.82) is 0 Å². The van der Waals surface area contributed by atoms with Gasteiger partial charge in [0.1, 0.15) is 0 Å². The van der Waals surface area contributed by atoms with Crippen LogP contribution in [-0.4, -0.2) is 11.5 Å². The van der Waals surface area contributed by atoms with Crippen LogP contribution in [0.15, 0.2) is 36.4 Å². The lowest BCUT2D eigenvalue weighted by atomic mass is 9.94. The lowest BCUT2D eigenvalue weighted by Crippen LogP contribution is -2.30. The minimum absolute atomic E-state index is 0.0314. The number of hydrogen-bond donors (Lipinski definition) is 2. The van der Waals surface area contributed by atoms with Gasteiger partial charge in [0.25, 0.3) is 0 Å². The molecule has 1 atom stereocenters. The van der Waals surface area contributed by atoms with Crippen LogP contribution in [0.5, 0.6) is 0 Å². The minimum Gasteiger partial charge on any atom is -0.357 e. The molecule has 2 aromatic carbocycles. The zero-order valence-corrected chi connectivity index (χ0v) is 13.9. The monoisotopic (exact) mass is 350 g/mol. The van der Waals surface area contributed by atoms with E-state index in [1.807, 2.05) is 36.4 Å². The Balaban J connectivity index is 1.95. The van der Waals surface area contributed by atoms with Crippen LogP contribution in [0, 0.1) is 0 Å². The maximum atomic E-state index is 6.39.